The second-order valence-electron chi connectivity index (χ2n) is 4.25. The minimum absolute atomic E-state index is 0.499. The highest BCUT2D eigenvalue weighted by Gasteiger charge is 2.14. The zero-order chi connectivity index (χ0) is 10.3. The molecule has 0 heterocycles. The van der Waals surface area contributed by atoms with E-state index in [9.17, 15) is 0 Å². The molecule has 2 nitrogen and oxygen atoms in total. The average Bonchev–Trinajstić information content (AvgIpc) is 2.17. The van der Waals surface area contributed by atoms with E-state index in [0.29, 0.717) is 12.0 Å². The van der Waals surface area contributed by atoms with Gasteiger partial charge < -0.3 is 0 Å². The third-order valence-corrected chi connectivity index (χ3v) is 3.21. The minimum atomic E-state index is 0.499. The van der Waals surface area contributed by atoms with Crippen molar-refractivity contribution in [2.45, 2.75) is 59.4 Å². The number of hydrogen-bond donors (Lipinski definition) is 2. The third kappa shape index (κ3) is 5.27. The molecule has 0 bridgehead atoms. The summed E-state index contributed by atoms with van der Waals surface area (Å²) in [6, 6.07) is 0.499. The predicted octanol–water partition coefficient (Wildman–Crippen LogP) is 2.69. The van der Waals surface area contributed by atoms with Crippen molar-refractivity contribution in [3.63, 3.8) is 0 Å². The summed E-state index contributed by atoms with van der Waals surface area (Å²) in [5.74, 6) is 7.05. The summed E-state index contributed by atoms with van der Waals surface area (Å²) < 4.78 is 0. The topological polar surface area (TPSA) is 38.0 Å². The molecule has 3 N–H and O–H groups in total. The Kier molecular flexibility index (Phi) is 7.29. The number of hydrogen-bond acceptors (Lipinski definition) is 2. The maximum atomic E-state index is 5.53. The van der Waals surface area contributed by atoms with Crippen molar-refractivity contribution in [1.29, 1.82) is 0 Å². The molecule has 0 aromatic carbocycles. The van der Waals surface area contributed by atoms with Gasteiger partial charge in [0.2, 0.25) is 0 Å². The van der Waals surface area contributed by atoms with E-state index in [4.69, 9.17) is 5.84 Å². The Morgan fingerprint density at radius 1 is 1.08 bits per heavy atom. The van der Waals surface area contributed by atoms with Crippen molar-refractivity contribution in [2.75, 3.05) is 0 Å². The molecule has 2 heteroatoms. The van der Waals surface area contributed by atoms with E-state index in [0.717, 1.165) is 5.92 Å². The molecule has 0 rings (SSSR count). The Labute approximate surface area is 83.2 Å². The number of hydrazine groups is 1. The number of rotatable bonds is 7. The SMILES string of the molecule is CCC(C)CCC(NN)C(C)CC. The summed E-state index contributed by atoms with van der Waals surface area (Å²) >= 11 is 0. The van der Waals surface area contributed by atoms with E-state index in [-0.39, 0.29) is 0 Å². The van der Waals surface area contributed by atoms with Crippen LogP contribution in [0.5, 0.6) is 0 Å². The van der Waals surface area contributed by atoms with Gasteiger partial charge in [-0.15, -0.1) is 0 Å². The predicted molar refractivity (Wildman–Crippen MR) is 59.3 cm³/mol. The van der Waals surface area contributed by atoms with Crippen LogP contribution in [0.15, 0.2) is 0 Å². The first-order valence-electron chi connectivity index (χ1n) is 5.61. The van der Waals surface area contributed by atoms with Crippen LogP contribution in [0.3, 0.4) is 0 Å². The maximum absolute atomic E-state index is 5.53. The van der Waals surface area contributed by atoms with E-state index < -0.39 is 0 Å². The Bertz CT molecular complexity index is 115. The van der Waals surface area contributed by atoms with Crippen LogP contribution in [0, 0.1) is 11.8 Å². The van der Waals surface area contributed by atoms with Gasteiger partial charge in [-0.3, -0.25) is 11.3 Å². The first-order valence-corrected chi connectivity index (χ1v) is 5.61. The summed E-state index contributed by atoms with van der Waals surface area (Å²) in [5.41, 5.74) is 2.93. The van der Waals surface area contributed by atoms with Crippen LogP contribution >= 0.6 is 0 Å². The lowest BCUT2D eigenvalue weighted by molar-refractivity contribution is 0.324. The van der Waals surface area contributed by atoms with Crippen molar-refractivity contribution in [3.8, 4) is 0 Å². The zero-order valence-electron chi connectivity index (χ0n) is 9.64. The van der Waals surface area contributed by atoms with Crippen LogP contribution in [-0.4, -0.2) is 6.04 Å². The number of nitrogens with one attached hydrogen (secondary N) is 1. The molecular formula is C11H26N2. The summed E-state index contributed by atoms with van der Waals surface area (Å²) in [5, 5.41) is 0. The van der Waals surface area contributed by atoms with E-state index in [2.05, 4.69) is 33.1 Å². The molecule has 0 saturated carbocycles. The smallest absolute Gasteiger partial charge is 0.0236 e. The van der Waals surface area contributed by atoms with Gasteiger partial charge in [-0.1, -0.05) is 40.5 Å². The lowest BCUT2D eigenvalue weighted by Crippen LogP contribution is -2.39. The van der Waals surface area contributed by atoms with E-state index >= 15 is 0 Å². The molecule has 0 saturated heterocycles. The van der Waals surface area contributed by atoms with Crippen molar-refractivity contribution in [1.82, 2.24) is 5.43 Å². The van der Waals surface area contributed by atoms with Gasteiger partial charge in [0, 0.05) is 6.04 Å². The molecule has 0 aliphatic rings. The maximum Gasteiger partial charge on any atom is 0.0236 e. The van der Waals surface area contributed by atoms with Crippen LogP contribution in [0.1, 0.15) is 53.4 Å². The molecule has 3 atom stereocenters. The van der Waals surface area contributed by atoms with Gasteiger partial charge in [0.15, 0.2) is 0 Å². The third-order valence-electron chi connectivity index (χ3n) is 3.21. The summed E-state index contributed by atoms with van der Waals surface area (Å²) in [6.07, 6.45) is 4.98. The first-order chi connectivity index (χ1) is 6.15. The molecule has 13 heavy (non-hydrogen) atoms. The van der Waals surface area contributed by atoms with Crippen LogP contribution in [0.2, 0.25) is 0 Å². The van der Waals surface area contributed by atoms with Gasteiger partial charge >= 0.3 is 0 Å². The summed E-state index contributed by atoms with van der Waals surface area (Å²) in [7, 11) is 0. The lowest BCUT2D eigenvalue weighted by Gasteiger charge is -2.23. The van der Waals surface area contributed by atoms with Crippen molar-refractivity contribution in [2.24, 2.45) is 17.7 Å². The monoisotopic (exact) mass is 186 g/mol. The summed E-state index contributed by atoms with van der Waals surface area (Å²) in [4.78, 5) is 0. The van der Waals surface area contributed by atoms with Crippen molar-refractivity contribution < 1.29 is 0 Å². The van der Waals surface area contributed by atoms with Gasteiger partial charge in [-0.25, -0.2) is 0 Å². The largest absolute Gasteiger partial charge is 0.271 e. The van der Waals surface area contributed by atoms with Crippen molar-refractivity contribution >= 4 is 0 Å². The second kappa shape index (κ2) is 7.34. The Balaban J connectivity index is 3.71. The molecule has 0 spiro atoms. The van der Waals surface area contributed by atoms with E-state index in [1.807, 2.05) is 0 Å². The Morgan fingerprint density at radius 2 is 1.69 bits per heavy atom. The highest BCUT2D eigenvalue weighted by atomic mass is 15.2. The lowest BCUT2D eigenvalue weighted by atomic mass is 9.91. The quantitative estimate of drug-likeness (QED) is 0.474. The first kappa shape index (κ1) is 12.9. The summed E-state index contributed by atoms with van der Waals surface area (Å²) in [6.45, 7) is 9.04. The van der Waals surface area contributed by atoms with Crippen molar-refractivity contribution in [3.05, 3.63) is 0 Å². The van der Waals surface area contributed by atoms with Gasteiger partial charge in [-0.2, -0.15) is 0 Å². The van der Waals surface area contributed by atoms with Gasteiger partial charge in [0.05, 0.1) is 0 Å². The Hall–Kier alpha value is -0.0800. The van der Waals surface area contributed by atoms with E-state index in [1.54, 1.807) is 0 Å². The fraction of sp³-hybridized carbons (Fsp3) is 1.00. The fourth-order valence-corrected chi connectivity index (χ4v) is 1.48. The Morgan fingerprint density at radius 3 is 2.08 bits per heavy atom. The number of nitrogens with two attached hydrogens (primary N) is 1. The second-order valence-corrected chi connectivity index (χ2v) is 4.25. The van der Waals surface area contributed by atoms with Gasteiger partial charge in [0.1, 0.15) is 0 Å². The van der Waals surface area contributed by atoms with Gasteiger partial charge in [0.25, 0.3) is 0 Å². The zero-order valence-corrected chi connectivity index (χ0v) is 9.64. The molecule has 0 aromatic rings. The highest BCUT2D eigenvalue weighted by Crippen LogP contribution is 2.17. The molecule has 3 unspecified atom stereocenters. The highest BCUT2D eigenvalue weighted by molar-refractivity contribution is 4.70. The molecule has 0 aliphatic carbocycles. The molecule has 0 amide bonds. The average molecular weight is 186 g/mol. The molecule has 0 radical (unpaired) electrons. The van der Waals surface area contributed by atoms with Crippen LogP contribution in [0.25, 0.3) is 0 Å². The molecule has 0 fully saturated rings. The molecule has 0 aliphatic heterocycles. The molecule has 0 aromatic heterocycles. The van der Waals surface area contributed by atoms with E-state index in [1.165, 1.54) is 25.7 Å². The van der Waals surface area contributed by atoms with Crippen LogP contribution in [0.4, 0.5) is 0 Å². The van der Waals surface area contributed by atoms with Gasteiger partial charge in [-0.05, 0) is 24.7 Å². The van der Waals surface area contributed by atoms with Crippen LogP contribution < -0.4 is 11.3 Å². The standard InChI is InChI=1S/C11H26N2/c1-5-9(3)7-8-11(13-12)10(4)6-2/h9-11,13H,5-8,12H2,1-4H3. The molecular weight excluding hydrogens is 160 g/mol. The fourth-order valence-electron chi connectivity index (χ4n) is 1.48. The molecule has 80 valence electrons. The normalized spacial score (nSPS) is 18.2. The van der Waals surface area contributed by atoms with Crippen LogP contribution in [-0.2, 0) is 0 Å². The minimum Gasteiger partial charge on any atom is -0.271 e.